The summed E-state index contributed by atoms with van der Waals surface area (Å²) in [7, 11) is 0. The van der Waals surface area contributed by atoms with E-state index in [1.165, 1.54) is 25.0 Å². The predicted octanol–water partition coefficient (Wildman–Crippen LogP) is 2.68. The van der Waals surface area contributed by atoms with Crippen LogP contribution in [0.2, 0.25) is 0 Å². The van der Waals surface area contributed by atoms with E-state index in [9.17, 15) is 9.18 Å². The topological polar surface area (TPSA) is 45.2 Å². The summed E-state index contributed by atoms with van der Waals surface area (Å²) in [6, 6.07) is 10.1. The second kappa shape index (κ2) is 7.22. The highest BCUT2D eigenvalue weighted by atomic mass is 19.1. The molecular formula is C18H20FN3O. The Labute approximate surface area is 135 Å². The molecule has 1 fully saturated rings. The number of amides is 1. The number of hydrogen-bond acceptors (Lipinski definition) is 3. The summed E-state index contributed by atoms with van der Waals surface area (Å²) in [6.07, 6.45) is 4.42. The van der Waals surface area contributed by atoms with Gasteiger partial charge in [0.25, 0.3) is 0 Å². The maximum Gasteiger partial charge on any atom is 0.224 e. The molecule has 2 aromatic rings. The van der Waals surface area contributed by atoms with Crippen LogP contribution in [0.4, 0.5) is 10.2 Å². The van der Waals surface area contributed by atoms with E-state index in [0.29, 0.717) is 12.1 Å². The van der Waals surface area contributed by atoms with Gasteiger partial charge in [-0.3, -0.25) is 4.79 Å². The first kappa shape index (κ1) is 15.5. The highest BCUT2D eigenvalue weighted by Crippen LogP contribution is 2.17. The van der Waals surface area contributed by atoms with Gasteiger partial charge >= 0.3 is 0 Å². The van der Waals surface area contributed by atoms with Crippen molar-refractivity contribution < 1.29 is 9.18 Å². The van der Waals surface area contributed by atoms with Gasteiger partial charge in [0.15, 0.2) is 0 Å². The zero-order valence-corrected chi connectivity index (χ0v) is 13.0. The minimum absolute atomic E-state index is 0.126. The SMILES string of the molecule is O=C(Cc1cccc(F)c1)NCc1ccc(N2CCCC2)nc1. The molecule has 3 rings (SSSR count). The third kappa shape index (κ3) is 4.28. The molecule has 120 valence electrons. The van der Waals surface area contributed by atoms with Crippen LogP contribution in [-0.2, 0) is 17.8 Å². The fourth-order valence-electron chi connectivity index (χ4n) is 2.75. The smallest absolute Gasteiger partial charge is 0.224 e. The molecule has 0 atom stereocenters. The molecular weight excluding hydrogens is 293 g/mol. The van der Waals surface area contributed by atoms with E-state index in [4.69, 9.17) is 0 Å². The summed E-state index contributed by atoms with van der Waals surface area (Å²) >= 11 is 0. The first-order valence-electron chi connectivity index (χ1n) is 7.92. The number of aromatic nitrogens is 1. The van der Waals surface area contributed by atoms with Crippen molar-refractivity contribution in [3.63, 3.8) is 0 Å². The maximum absolute atomic E-state index is 13.1. The minimum Gasteiger partial charge on any atom is -0.357 e. The average molecular weight is 313 g/mol. The van der Waals surface area contributed by atoms with Gasteiger partial charge in [0.1, 0.15) is 11.6 Å². The van der Waals surface area contributed by atoms with Crippen molar-refractivity contribution in [2.24, 2.45) is 0 Å². The molecule has 1 aliphatic rings. The number of carbonyl (C=O) groups is 1. The van der Waals surface area contributed by atoms with Gasteiger partial charge in [0.2, 0.25) is 5.91 Å². The molecule has 4 nitrogen and oxygen atoms in total. The number of nitrogens with zero attached hydrogens (tertiary/aromatic N) is 2. The third-order valence-electron chi connectivity index (χ3n) is 3.98. The number of nitrogens with one attached hydrogen (secondary N) is 1. The standard InChI is InChI=1S/C18H20FN3O/c19-16-5-3-4-14(10-16)11-18(23)21-13-15-6-7-17(20-12-15)22-8-1-2-9-22/h3-7,10,12H,1-2,8-9,11,13H2,(H,21,23). The van der Waals surface area contributed by atoms with E-state index in [1.54, 1.807) is 18.3 Å². The number of carbonyl (C=O) groups excluding carboxylic acids is 1. The molecule has 0 aliphatic carbocycles. The molecule has 23 heavy (non-hydrogen) atoms. The molecule has 0 bridgehead atoms. The number of rotatable bonds is 5. The van der Waals surface area contributed by atoms with Gasteiger partial charge in [-0.15, -0.1) is 0 Å². The van der Waals surface area contributed by atoms with E-state index in [1.807, 2.05) is 12.1 Å². The van der Waals surface area contributed by atoms with Gasteiger partial charge in [-0.1, -0.05) is 18.2 Å². The van der Waals surface area contributed by atoms with Crippen molar-refractivity contribution in [1.29, 1.82) is 0 Å². The molecule has 0 unspecified atom stereocenters. The normalized spacial score (nSPS) is 14.0. The molecule has 1 aromatic heterocycles. The van der Waals surface area contributed by atoms with Gasteiger partial charge in [-0.25, -0.2) is 9.37 Å². The molecule has 0 radical (unpaired) electrons. The average Bonchev–Trinajstić information content (AvgIpc) is 3.08. The number of halogens is 1. The molecule has 0 saturated carbocycles. The number of pyridine rings is 1. The van der Waals surface area contributed by atoms with Gasteiger partial charge in [0.05, 0.1) is 6.42 Å². The lowest BCUT2D eigenvalue weighted by Crippen LogP contribution is -2.25. The lowest BCUT2D eigenvalue weighted by atomic mass is 10.1. The molecule has 5 heteroatoms. The van der Waals surface area contributed by atoms with E-state index < -0.39 is 0 Å². The Morgan fingerprint density at radius 2 is 2.00 bits per heavy atom. The predicted molar refractivity (Wildman–Crippen MR) is 87.6 cm³/mol. The number of hydrogen-bond donors (Lipinski definition) is 1. The highest BCUT2D eigenvalue weighted by Gasteiger charge is 2.13. The van der Waals surface area contributed by atoms with Crippen LogP contribution in [0, 0.1) is 5.82 Å². The molecule has 1 amide bonds. The van der Waals surface area contributed by atoms with Crippen LogP contribution in [-0.4, -0.2) is 24.0 Å². The lowest BCUT2D eigenvalue weighted by Gasteiger charge is -2.16. The van der Waals surface area contributed by atoms with Crippen molar-refractivity contribution in [3.8, 4) is 0 Å². The summed E-state index contributed by atoms with van der Waals surface area (Å²) < 4.78 is 13.1. The van der Waals surface area contributed by atoms with E-state index >= 15 is 0 Å². The highest BCUT2D eigenvalue weighted by molar-refractivity contribution is 5.78. The first-order valence-corrected chi connectivity index (χ1v) is 7.92. The second-order valence-electron chi connectivity index (χ2n) is 5.80. The fraction of sp³-hybridized carbons (Fsp3) is 0.333. The summed E-state index contributed by atoms with van der Waals surface area (Å²) in [4.78, 5) is 18.6. The fourth-order valence-corrected chi connectivity index (χ4v) is 2.75. The maximum atomic E-state index is 13.1. The molecule has 1 N–H and O–H groups in total. The van der Waals surface area contributed by atoms with Crippen molar-refractivity contribution in [2.45, 2.75) is 25.8 Å². The Balaban J connectivity index is 1.50. The van der Waals surface area contributed by atoms with E-state index in [0.717, 1.165) is 24.5 Å². The molecule has 0 spiro atoms. The quantitative estimate of drug-likeness (QED) is 0.923. The second-order valence-corrected chi connectivity index (χ2v) is 5.80. The molecule has 1 saturated heterocycles. The van der Waals surface area contributed by atoms with E-state index in [-0.39, 0.29) is 18.1 Å². The van der Waals surface area contributed by atoms with Crippen molar-refractivity contribution in [3.05, 3.63) is 59.5 Å². The number of benzene rings is 1. The lowest BCUT2D eigenvalue weighted by molar-refractivity contribution is -0.120. The van der Waals surface area contributed by atoms with Gasteiger partial charge < -0.3 is 10.2 Å². The van der Waals surface area contributed by atoms with Crippen LogP contribution in [0.25, 0.3) is 0 Å². The monoisotopic (exact) mass is 313 g/mol. The third-order valence-corrected chi connectivity index (χ3v) is 3.98. The molecule has 2 heterocycles. The van der Waals surface area contributed by atoms with Gasteiger partial charge in [-0.05, 0) is 42.2 Å². The van der Waals surface area contributed by atoms with Crippen LogP contribution >= 0.6 is 0 Å². The largest absolute Gasteiger partial charge is 0.357 e. The zero-order chi connectivity index (χ0) is 16.1. The van der Waals surface area contributed by atoms with Crippen molar-refractivity contribution in [2.75, 3.05) is 18.0 Å². The Bertz CT molecular complexity index is 666. The Hall–Kier alpha value is -2.43. The van der Waals surface area contributed by atoms with Crippen LogP contribution in [0.15, 0.2) is 42.6 Å². The summed E-state index contributed by atoms with van der Waals surface area (Å²) in [5.41, 5.74) is 1.63. The van der Waals surface area contributed by atoms with Crippen LogP contribution in [0.5, 0.6) is 0 Å². The molecule has 1 aliphatic heterocycles. The zero-order valence-electron chi connectivity index (χ0n) is 13.0. The first-order chi connectivity index (χ1) is 11.2. The van der Waals surface area contributed by atoms with Gasteiger partial charge in [-0.2, -0.15) is 0 Å². The van der Waals surface area contributed by atoms with Crippen molar-refractivity contribution >= 4 is 11.7 Å². The van der Waals surface area contributed by atoms with Gasteiger partial charge in [0, 0.05) is 25.8 Å². The molecule has 1 aromatic carbocycles. The summed E-state index contributed by atoms with van der Waals surface area (Å²) in [5.74, 6) is 0.550. The summed E-state index contributed by atoms with van der Waals surface area (Å²) in [6.45, 7) is 2.56. The summed E-state index contributed by atoms with van der Waals surface area (Å²) in [5, 5.41) is 2.84. The minimum atomic E-state index is -0.322. The van der Waals surface area contributed by atoms with Crippen LogP contribution in [0.1, 0.15) is 24.0 Å². The Morgan fingerprint density at radius 1 is 1.17 bits per heavy atom. The Kier molecular flexibility index (Phi) is 4.86. The van der Waals surface area contributed by atoms with Crippen molar-refractivity contribution in [1.82, 2.24) is 10.3 Å². The van der Waals surface area contributed by atoms with Crippen LogP contribution < -0.4 is 10.2 Å². The van der Waals surface area contributed by atoms with E-state index in [2.05, 4.69) is 15.2 Å². The number of anilines is 1. The Morgan fingerprint density at radius 3 is 2.70 bits per heavy atom. The van der Waals surface area contributed by atoms with Crippen LogP contribution in [0.3, 0.4) is 0 Å².